The second-order valence-corrected chi connectivity index (χ2v) is 10.4. The first-order valence-electron chi connectivity index (χ1n) is 14.1. The third-order valence-electron chi connectivity index (χ3n) is 7.87. The van der Waals surface area contributed by atoms with Crippen LogP contribution in [0.3, 0.4) is 0 Å². The third kappa shape index (κ3) is 4.11. The maximum atomic E-state index is 6.53. The van der Waals surface area contributed by atoms with E-state index in [1.807, 2.05) is 24.4 Å². The van der Waals surface area contributed by atoms with Gasteiger partial charge in [-0.25, -0.2) is 0 Å². The number of aromatic nitrogens is 1. The van der Waals surface area contributed by atoms with Crippen molar-refractivity contribution in [3.63, 3.8) is 0 Å². The molecule has 0 N–H and O–H groups in total. The second-order valence-electron chi connectivity index (χ2n) is 10.4. The van der Waals surface area contributed by atoms with Gasteiger partial charge in [-0.3, -0.25) is 4.98 Å². The monoisotopic (exact) mass is 538 g/mol. The van der Waals surface area contributed by atoms with Crippen LogP contribution in [0, 0.1) is 0 Å². The van der Waals surface area contributed by atoms with Gasteiger partial charge in [0.05, 0.1) is 11.1 Å². The molecule has 0 spiro atoms. The van der Waals surface area contributed by atoms with Crippen molar-refractivity contribution in [1.29, 1.82) is 0 Å². The number of pyridine rings is 1. The Morgan fingerprint density at radius 1 is 0.500 bits per heavy atom. The standard InChI is InChI=1S/C39H26N2O/c1-3-12-27(13-4-1)29-16-9-19-32(24-29)41(33-20-10-17-30(25-33)28-14-5-2-6-15-28)35-22-11-18-31-26-40-38-34-21-7-8-23-36(34)42-39(38)37(31)35/h1-26H. The molecule has 0 aliphatic rings. The van der Waals surface area contributed by atoms with Gasteiger partial charge in [-0.2, -0.15) is 0 Å². The van der Waals surface area contributed by atoms with E-state index in [4.69, 9.17) is 9.40 Å². The maximum Gasteiger partial charge on any atom is 0.163 e. The van der Waals surface area contributed by atoms with Crippen molar-refractivity contribution in [3.8, 4) is 22.3 Å². The van der Waals surface area contributed by atoms with Crippen molar-refractivity contribution < 1.29 is 4.42 Å². The topological polar surface area (TPSA) is 29.3 Å². The van der Waals surface area contributed by atoms with Gasteiger partial charge in [0.25, 0.3) is 0 Å². The number of rotatable bonds is 5. The Morgan fingerprint density at radius 2 is 1.07 bits per heavy atom. The zero-order chi connectivity index (χ0) is 27.9. The quantitative estimate of drug-likeness (QED) is 0.218. The summed E-state index contributed by atoms with van der Waals surface area (Å²) in [6, 6.07) is 53.1. The minimum Gasteiger partial charge on any atom is -0.454 e. The summed E-state index contributed by atoms with van der Waals surface area (Å²) in [5.41, 5.74) is 10.4. The molecule has 3 heteroatoms. The van der Waals surface area contributed by atoms with Crippen molar-refractivity contribution in [2.24, 2.45) is 0 Å². The van der Waals surface area contributed by atoms with Crippen LogP contribution in [-0.2, 0) is 0 Å². The lowest BCUT2D eigenvalue weighted by atomic mass is 10.0. The lowest BCUT2D eigenvalue weighted by Crippen LogP contribution is -2.11. The minimum absolute atomic E-state index is 0.799. The van der Waals surface area contributed by atoms with E-state index < -0.39 is 0 Å². The van der Waals surface area contributed by atoms with Crippen molar-refractivity contribution in [2.45, 2.75) is 0 Å². The lowest BCUT2D eigenvalue weighted by Gasteiger charge is -2.27. The summed E-state index contributed by atoms with van der Waals surface area (Å²) in [5, 5.41) is 3.09. The van der Waals surface area contributed by atoms with Crippen molar-refractivity contribution >= 4 is 49.9 Å². The molecule has 0 fully saturated rings. The smallest absolute Gasteiger partial charge is 0.163 e. The molecule has 2 aromatic heterocycles. The Labute approximate surface area is 243 Å². The van der Waals surface area contributed by atoms with Gasteiger partial charge in [-0.15, -0.1) is 0 Å². The van der Waals surface area contributed by atoms with Crippen LogP contribution in [0.25, 0.3) is 55.1 Å². The molecular formula is C39H26N2O. The Bertz CT molecular complexity index is 2120. The fraction of sp³-hybridized carbons (Fsp3) is 0. The highest BCUT2D eigenvalue weighted by Gasteiger charge is 2.21. The van der Waals surface area contributed by atoms with Gasteiger partial charge in [0, 0.05) is 28.3 Å². The summed E-state index contributed by atoms with van der Waals surface area (Å²) < 4.78 is 6.53. The molecule has 8 rings (SSSR count). The molecule has 6 aromatic carbocycles. The highest BCUT2D eigenvalue weighted by atomic mass is 16.3. The summed E-state index contributed by atoms with van der Waals surface area (Å²) in [6.45, 7) is 0. The molecule has 0 saturated heterocycles. The molecule has 0 aliphatic heterocycles. The van der Waals surface area contributed by atoms with Gasteiger partial charge in [0.15, 0.2) is 5.58 Å². The molecule has 0 saturated carbocycles. The first kappa shape index (κ1) is 24.2. The zero-order valence-electron chi connectivity index (χ0n) is 22.8. The normalized spacial score (nSPS) is 11.3. The van der Waals surface area contributed by atoms with E-state index in [1.54, 1.807) is 0 Å². The second kappa shape index (κ2) is 10.1. The summed E-state index contributed by atoms with van der Waals surface area (Å²) >= 11 is 0. The Morgan fingerprint density at radius 3 is 1.74 bits per heavy atom. The number of hydrogen-bond donors (Lipinski definition) is 0. The number of hydrogen-bond acceptors (Lipinski definition) is 3. The van der Waals surface area contributed by atoms with Gasteiger partial charge >= 0.3 is 0 Å². The van der Waals surface area contributed by atoms with E-state index >= 15 is 0 Å². The number of fused-ring (bicyclic) bond motifs is 5. The average Bonchev–Trinajstić information content (AvgIpc) is 3.45. The molecule has 8 aromatic rings. The molecule has 198 valence electrons. The summed E-state index contributed by atoms with van der Waals surface area (Å²) in [7, 11) is 0. The van der Waals surface area contributed by atoms with Crippen LogP contribution in [-0.4, -0.2) is 4.98 Å². The maximum absolute atomic E-state index is 6.53. The highest BCUT2D eigenvalue weighted by Crippen LogP contribution is 2.44. The van der Waals surface area contributed by atoms with Crippen molar-refractivity contribution in [1.82, 2.24) is 4.98 Å². The first-order valence-corrected chi connectivity index (χ1v) is 14.1. The predicted octanol–water partition coefficient (Wildman–Crippen LogP) is 10.9. The van der Waals surface area contributed by atoms with E-state index in [0.29, 0.717) is 0 Å². The fourth-order valence-corrected chi connectivity index (χ4v) is 5.90. The van der Waals surface area contributed by atoms with Crippen LogP contribution in [0.4, 0.5) is 17.1 Å². The van der Waals surface area contributed by atoms with Crippen molar-refractivity contribution in [2.75, 3.05) is 4.90 Å². The molecule has 0 radical (unpaired) electrons. The van der Waals surface area contributed by atoms with Crippen LogP contribution in [0.15, 0.2) is 162 Å². The zero-order valence-corrected chi connectivity index (χ0v) is 22.8. The third-order valence-corrected chi connectivity index (χ3v) is 7.87. The van der Waals surface area contributed by atoms with E-state index in [2.05, 4.69) is 138 Å². The number of anilines is 3. The van der Waals surface area contributed by atoms with Gasteiger partial charge in [0.2, 0.25) is 0 Å². The first-order chi connectivity index (χ1) is 20.8. The number of nitrogens with zero attached hydrogens (tertiary/aromatic N) is 2. The molecule has 0 aliphatic carbocycles. The molecule has 0 unspecified atom stereocenters. The van der Waals surface area contributed by atoms with Crippen molar-refractivity contribution in [3.05, 3.63) is 158 Å². The summed E-state index contributed by atoms with van der Waals surface area (Å²) in [5.74, 6) is 0. The SMILES string of the molecule is c1ccc(-c2cccc(N(c3cccc(-c4ccccc4)c3)c3cccc4cnc5c6ccccc6oc5c34)c2)cc1. The van der Waals surface area contributed by atoms with Gasteiger partial charge in [-0.05, 0) is 64.7 Å². The fourth-order valence-electron chi connectivity index (χ4n) is 5.90. The van der Waals surface area contributed by atoms with E-state index in [9.17, 15) is 0 Å². The molecule has 3 nitrogen and oxygen atoms in total. The summed E-state index contributed by atoms with van der Waals surface area (Å²) in [4.78, 5) is 7.18. The predicted molar refractivity (Wildman–Crippen MR) is 175 cm³/mol. The van der Waals surface area contributed by atoms with Gasteiger partial charge in [-0.1, -0.05) is 109 Å². The Balaban J connectivity index is 1.42. The Hall–Kier alpha value is -5.67. The molecule has 2 heterocycles. The molecule has 0 bridgehead atoms. The van der Waals surface area contributed by atoms with E-state index in [1.165, 1.54) is 11.1 Å². The minimum atomic E-state index is 0.799. The largest absolute Gasteiger partial charge is 0.454 e. The van der Waals surface area contributed by atoms with Crippen LogP contribution >= 0.6 is 0 Å². The highest BCUT2D eigenvalue weighted by molar-refractivity contribution is 6.17. The molecular weight excluding hydrogens is 512 g/mol. The molecule has 0 atom stereocenters. The van der Waals surface area contributed by atoms with Crippen LogP contribution in [0.1, 0.15) is 0 Å². The van der Waals surface area contributed by atoms with Gasteiger partial charge in [0.1, 0.15) is 11.1 Å². The number of para-hydroxylation sites is 1. The lowest BCUT2D eigenvalue weighted by molar-refractivity contribution is 0.672. The number of benzene rings is 6. The Kier molecular flexibility index (Phi) is 5.79. The van der Waals surface area contributed by atoms with Crippen LogP contribution < -0.4 is 4.90 Å². The van der Waals surface area contributed by atoms with Crippen LogP contribution in [0.5, 0.6) is 0 Å². The van der Waals surface area contributed by atoms with Gasteiger partial charge < -0.3 is 9.32 Å². The molecule has 0 amide bonds. The number of furan rings is 1. The van der Waals surface area contributed by atoms with E-state index in [-0.39, 0.29) is 0 Å². The van der Waals surface area contributed by atoms with E-state index in [0.717, 1.165) is 61.0 Å². The molecule has 42 heavy (non-hydrogen) atoms. The van der Waals surface area contributed by atoms with Crippen LogP contribution in [0.2, 0.25) is 0 Å². The summed E-state index contributed by atoms with van der Waals surface area (Å²) in [6.07, 6.45) is 1.96. The average molecular weight is 539 g/mol.